The minimum Gasteiger partial charge on any atom is -0.351 e. The van der Waals surface area contributed by atoms with E-state index in [1.54, 1.807) is 24.4 Å². The average Bonchev–Trinajstić information content (AvgIpc) is 3.13. The highest BCUT2D eigenvalue weighted by Gasteiger charge is 2.22. The predicted molar refractivity (Wildman–Crippen MR) is 93.5 cm³/mol. The Morgan fingerprint density at radius 3 is 2.92 bits per heavy atom. The number of carbonyl (C=O) groups excluding carboxylic acids is 1. The zero-order chi connectivity index (χ0) is 16.4. The van der Waals surface area contributed by atoms with Crippen LogP contribution in [0.5, 0.6) is 0 Å². The van der Waals surface area contributed by atoms with Crippen molar-refractivity contribution in [2.24, 2.45) is 5.92 Å². The Balaban J connectivity index is 0.00000208. The number of imidazole rings is 1. The zero-order valence-electron chi connectivity index (χ0n) is 13.4. The van der Waals surface area contributed by atoms with Crippen molar-refractivity contribution in [2.45, 2.75) is 18.0 Å². The summed E-state index contributed by atoms with van der Waals surface area (Å²) in [6, 6.07) is 5.15. The molecule has 2 N–H and O–H groups in total. The molecule has 0 saturated carbocycles. The second kappa shape index (κ2) is 7.50. The van der Waals surface area contributed by atoms with Crippen LogP contribution in [-0.2, 0) is 9.84 Å². The van der Waals surface area contributed by atoms with Gasteiger partial charge in [0.1, 0.15) is 0 Å². The Hall–Kier alpha value is -1.64. The smallest absolute Gasteiger partial charge is 0.272 e. The topological polar surface area (TPSA) is 92.6 Å². The number of amides is 1. The number of aromatic nitrogens is 2. The molecule has 7 nitrogen and oxygen atoms in total. The summed E-state index contributed by atoms with van der Waals surface area (Å²) in [6.45, 7) is 2.58. The second-order valence-corrected chi connectivity index (χ2v) is 7.78. The van der Waals surface area contributed by atoms with E-state index < -0.39 is 9.84 Å². The van der Waals surface area contributed by atoms with Gasteiger partial charge in [-0.3, -0.25) is 9.20 Å². The van der Waals surface area contributed by atoms with Crippen LogP contribution < -0.4 is 10.6 Å². The molecular formula is C15H21ClN4O3S. The first-order valence-corrected chi connectivity index (χ1v) is 9.52. The lowest BCUT2D eigenvalue weighted by Crippen LogP contribution is -2.27. The molecule has 0 radical (unpaired) electrons. The van der Waals surface area contributed by atoms with E-state index in [9.17, 15) is 13.2 Å². The van der Waals surface area contributed by atoms with Gasteiger partial charge >= 0.3 is 0 Å². The first kappa shape index (κ1) is 18.7. The first-order chi connectivity index (χ1) is 11.0. The highest BCUT2D eigenvalue weighted by molar-refractivity contribution is 7.90. The van der Waals surface area contributed by atoms with Crippen LogP contribution in [0.4, 0.5) is 0 Å². The van der Waals surface area contributed by atoms with Gasteiger partial charge < -0.3 is 10.6 Å². The van der Waals surface area contributed by atoms with E-state index in [-0.39, 0.29) is 29.2 Å². The van der Waals surface area contributed by atoms with Crippen LogP contribution in [0.3, 0.4) is 0 Å². The van der Waals surface area contributed by atoms with Gasteiger partial charge in [-0.15, -0.1) is 12.4 Å². The quantitative estimate of drug-likeness (QED) is 0.813. The van der Waals surface area contributed by atoms with Gasteiger partial charge in [0.05, 0.1) is 5.52 Å². The molecule has 1 aliphatic heterocycles. The molecule has 0 aliphatic carbocycles. The molecular weight excluding hydrogens is 352 g/mol. The molecule has 0 spiro atoms. The molecule has 2 aromatic heterocycles. The van der Waals surface area contributed by atoms with E-state index in [0.29, 0.717) is 18.0 Å². The number of nitrogens with zero attached hydrogens (tertiary/aromatic N) is 2. The van der Waals surface area contributed by atoms with Crippen molar-refractivity contribution in [3.05, 3.63) is 30.1 Å². The fourth-order valence-electron chi connectivity index (χ4n) is 2.87. The Morgan fingerprint density at radius 1 is 1.46 bits per heavy atom. The van der Waals surface area contributed by atoms with Crippen molar-refractivity contribution in [3.63, 3.8) is 0 Å². The van der Waals surface area contributed by atoms with Crippen LogP contribution >= 0.6 is 12.4 Å². The van der Waals surface area contributed by atoms with Crippen molar-refractivity contribution >= 4 is 33.7 Å². The monoisotopic (exact) mass is 372 g/mol. The summed E-state index contributed by atoms with van der Waals surface area (Å²) in [7, 11) is -3.51. The van der Waals surface area contributed by atoms with Crippen LogP contribution in [-0.4, -0.2) is 49.6 Å². The fraction of sp³-hybridized carbons (Fsp3) is 0.467. The van der Waals surface area contributed by atoms with Gasteiger partial charge in [-0.25, -0.2) is 13.4 Å². The summed E-state index contributed by atoms with van der Waals surface area (Å²) in [5.74, 6) is 0.246. The molecule has 1 atom stereocenters. The summed E-state index contributed by atoms with van der Waals surface area (Å²) in [5, 5.41) is 6.02. The summed E-state index contributed by atoms with van der Waals surface area (Å²) >= 11 is 0. The molecule has 9 heteroatoms. The lowest BCUT2D eigenvalue weighted by molar-refractivity contribution is 0.0948. The van der Waals surface area contributed by atoms with Crippen molar-refractivity contribution in [1.82, 2.24) is 20.0 Å². The van der Waals surface area contributed by atoms with Gasteiger partial charge in [-0.2, -0.15) is 0 Å². The van der Waals surface area contributed by atoms with Crippen molar-refractivity contribution in [2.75, 3.05) is 25.9 Å². The fourth-order valence-corrected chi connectivity index (χ4v) is 3.65. The van der Waals surface area contributed by atoms with Gasteiger partial charge in [0, 0.05) is 19.0 Å². The Bertz CT molecular complexity index is 828. The maximum Gasteiger partial charge on any atom is 0.272 e. The second-order valence-electron chi connectivity index (χ2n) is 5.87. The molecule has 1 saturated heterocycles. The number of sulfone groups is 1. The number of pyridine rings is 1. The van der Waals surface area contributed by atoms with E-state index in [1.807, 2.05) is 0 Å². The van der Waals surface area contributed by atoms with Crippen molar-refractivity contribution in [1.29, 1.82) is 0 Å². The number of hydrogen-bond donors (Lipinski definition) is 2. The summed E-state index contributed by atoms with van der Waals surface area (Å²) in [4.78, 5) is 16.4. The minimum atomic E-state index is -3.51. The molecule has 2 aromatic rings. The molecule has 1 amide bonds. The predicted octanol–water partition coefficient (Wildman–Crippen LogP) is 0.889. The van der Waals surface area contributed by atoms with Gasteiger partial charge in [-0.05, 0) is 44.0 Å². The first-order valence-electron chi connectivity index (χ1n) is 7.63. The lowest BCUT2D eigenvalue weighted by atomic mass is 10.1. The molecule has 3 rings (SSSR count). The van der Waals surface area contributed by atoms with E-state index in [0.717, 1.165) is 32.2 Å². The third-order valence-electron chi connectivity index (χ3n) is 4.06. The Labute approximate surface area is 147 Å². The Kier molecular flexibility index (Phi) is 5.84. The normalized spacial score (nSPS) is 17.6. The number of fused-ring (bicyclic) bond motifs is 1. The van der Waals surface area contributed by atoms with Crippen LogP contribution in [0.15, 0.2) is 29.6 Å². The summed E-state index contributed by atoms with van der Waals surface area (Å²) < 4.78 is 25.1. The zero-order valence-corrected chi connectivity index (χ0v) is 15.0. The molecule has 0 bridgehead atoms. The summed E-state index contributed by atoms with van der Waals surface area (Å²) in [5.41, 5.74) is 0.642. The van der Waals surface area contributed by atoms with E-state index >= 15 is 0 Å². The van der Waals surface area contributed by atoms with Crippen LogP contribution in [0, 0.1) is 5.92 Å². The van der Waals surface area contributed by atoms with Gasteiger partial charge in [0.2, 0.25) is 15.0 Å². The summed E-state index contributed by atoms with van der Waals surface area (Å²) in [6.07, 6.45) is 4.72. The molecule has 1 unspecified atom stereocenters. The standard InChI is InChI=1S/C15H20N4O3S.ClH/c1-23(21,22)15-18-13(12-4-2-3-9-19(12)15)14(20)17-8-6-11-5-7-16-10-11;/h2-4,9,11,16H,5-8,10H2,1H3,(H,17,20);1H. The molecule has 1 fully saturated rings. The highest BCUT2D eigenvalue weighted by Crippen LogP contribution is 2.17. The minimum absolute atomic E-state index is 0. The molecule has 1 aliphatic rings. The number of hydrogen-bond acceptors (Lipinski definition) is 5. The van der Waals surface area contributed by atoms with Crippen LogP contribution in [0.2, 0.25) is 0 Å². The maximum atomic E-state index is 12.4. The number of carbonyl (C=O) groups is 1. The SMILES string of the molecule is CS(=O)(=O)c1nc(C(=O)NCCC2CCNC2)c2ccccn12.Cl. The third kappa shape index (κ3) is 3.88. The van der Waals surface area contributed by atoms with Crippen molar-refractivity contribution in [3.8, 4) is 0 Å². The van der Waals surface area contributed by atoms with Gasteiger partial charge in [0.25, 0.3) is 5.91 Å². The van der Waals surface area contributed by atoms with Crippen LogP contribution in [0.25, 0.3) is 5.52 Å². The molecule has 0 aromatic carbocycles. The number of nitrogens with one attached hydrogen (secondary N) is 2. The number of halogens is 1. The highest BCUT2D eigenvalue weighted by atomic mass is 35.5. The maximum absolute atomic E-state index is 12.4. The van der Waals surface area contributed by atoms with Gasteiger partial charge in [-0.1, -0.05) is 6.07 Å². The Morgan fingerprint density at radius 2 is 2.25 bits per heavy atom. The van der Waals surface area contributed by atoms with E-state index in [1.165, 1.54) is 4.40 Å². The van der Waals surface area contributed by atoms with Crippen molar-refractivity contribution < 1.29 is 13.2 Å². The third-order valence-corrected chi connectivity index (χ3v) is 5.01. The average molecular weight is 373 g/mol. The van der Waals surface area contributed by atoms with Crippen LogP contribution in [0.1, 0.15) is 23.3 Å². The van der Waals surface area contributed by atoms with Gasteiger partial charge in [0.15, 0.2) is 5.69 Å². The molecule has 24 heavy (non-hydrogen) atoms. The molecule has 3 heterocycles. The van der Waals surface area contributed by atoms with E-state index in [4.69, 9.17) is 0 Å². The van der Waals surface area contributed by atoms with E-state index in [2.05, 4.69) is 15.6 Å². The largest absolute Gasteiger partial charge is 0.351 e. The lowest BCUT2D eigenvalue weighted by Gasteiger charge is -2.08. The number of rotatable bonds is 5. The molecule has 132 valence electrons.